The zero-order chi connectivity index (χ0) is 50.9. The smallest absolute Gasteiger partial charge is 0.139 e. The SMILES string of the molecule is Bc1c(B)c(-c2ccccc2-c2cc(-c3ccccc3-c3ccc(-c4cc(-c5ccccc5)ccn4)cc3)cc(-c3ccccc3-c3ccc(-c4cc(C(C)(C)C)ccn4)cc3)c2)c(B)c(B)c1-c1ccccn1. The molecule has 0 radical (unpaired) electrons. The number of hydrogen-bond acceptors (Lipinski definition) is 3. The van der Waals surface area contributed by atoms with E-state index in [-0.39, 0.29) is 5.41 Å². The average molecular weight is 945 g/mol. The van der Waals surface area contributed by atoms with E-state index in [0.29, 0.717) is 0 Å². The predicted octanol–water partition coefficient (Wildman–Crippen LogP) is 10.9. The summed E-state index contributed by atoms with van der Waals surface area (Å²) in [6, 6.07) is 76.9. The van der Waals surface area contributed by atoms with E-state index in [2.05, 4.69) is 258 Å². The van der Waals surface area contributed by atoms with E-state index in [9.17, 15) is 0 Å². The summed E-state index contributed by atoms with van der Waals surface area (Å²) in [5.74, 6) is 0. The number of rotatable bonds is 10. The lowest BCUT2D eigenvalue weighted by molar-refractivity contribution is 0.589. The Hall–Kier alpha value is -8.53. The van der Waals surface area contributed by atoms with Crippen molar-refractivity contribution < 1.29 is 0 Å². The van der Waals surface area contributed by atoms with Crippen LogP contribution in [0.4, 0.5) is 0 Å². The second kappa shape index (κ2) is 20.2. The van der Waals surface area contributed by atoms with Crippen LogP contribution < -0.4 is 21.9 Å². The first-order valence-corrected chi connectivity index (χ1v) is 25.7. The maximum Gasteiger partial charge on any atom is 0.139 e. The molecule has 0 saturated heterocycles. The van der Waals surface area contributed by atoms with E-state index < -0.39 is 0 Å². The average Bonchev–Trinajstić information content (AvgIpc) is 3.46. The van der Waals surface area contributed by atoms with Gasteiger partial charge in [0.25, 0.3) is 0 Å². The highest BCUT2D eigenvalue weighted by Gasteiger charge is 2.22. The molecule has 0 unspecified atom stereocenters. The van der Waals surface area contributed by atoms with Crippen LogP contribution in [0.2, 0.25) is 0 Å². The van der Waals surface area contributed by atoms with Crippen LogP contribution in [0, 0.1) is 0 Å². The molecular weight excluding hydrogens is 890 g/mol. The molecule has 0 aliphatic carbocycles. The quantitative estimate of drug-likeness (QED) is 0.128. The minimum absolute atomic E-state index is 0.0314. The second-order valence-corrected chi connectivity index (χ2v) is 20.5. The Labute approximate surface area is 440 Å². The number of benzene rings is 8. The highest BCUT2D eigenvalue weighted by molar-refractivity contribution is 6.62. The van der Waals surface area contributed by atoms with Gasteiger partial charge in [-0.25, -0.2) is 0 Å². The topological polar surface area (TPSA) is 38.7 Å². The van der Waals surface area contributed by atoms with E-state index in [0.717, 1.165) is 72.7 Å². The Kier molecular flexibility index (Phi) is 13.0. The summed E-state index contributed by atoms with van der Waals surface area (Å²) >= 11 is 0. The molecule has 7 heteroatoms. The molecule has 11 rings (SSSR count). The number of hydrogen-bond donors (Lipinski definition) is 0. The normalized spacial score (nSPS) is 11.4. The van der Waals surface area contributed by atoms with Gasteiger partial charge < -0.3 is 0 Å². The summed E-state index contributed by atoms with van der Waals surface area (Å²) in [5.41, 5.74) is 29.1. The van der Waals surface area contributed by atoms with Crippen LogP contribution in [0.3, 0.4) is 0 Å². The Morgan fingerprint density at radius 2 is 0.662 bits per heavy atom. The van der Waals surface area contributed by atoms with Crippen LogP contribution in [0.15, 0.2) is 231 Å². The summed E-state index contributed by atoms with van der Waals surface area (Å²) in [4.78, 5) is 14.4. The minimum atomic E-state index is 0.0314. The lowest BCUT2D eigenvalue weighted by Gasteiger charge is -2.24. The minimum Gasteiger partial charge on any atom is -0.256 e. The zero-order valence-corrected chi connectivity index (χ0v) is 43.3. The van der Waals surface area contributed by atoms with Crippen molar-refractivity contribution in [1.29, 1.82) is 0 Å². The van der Waals surface area contributed by atoms with Crippen molar-refractivity contribution in [3.8, 4) is 112 Å². The largest absolute Gasteiger partial charge is 0.256 e. The molecule has 11 aromatic rings. The van der Waals surface area contributed by atoms with Gasteiger partial charge in [0.15, 0.2) is 0 Å². The lowest BCUT2D eigenvalue weighted by atomic mass is 9.62. The van der Waals surface area contributed by atoms with Crippen LogP contribution in [0.5, 0.6) is 0 Å². The van der Waals surface area contributed by atoms with Crippen LogP contribution in [-0.2, 0) is 5.41 Å². The van der Waals surface area contributed by atoms with Crippen LogP contribution in [-0.4, -0.2) is 46.3 Å². The first kappa shape index (κ1) is 47.8. The Bertz CT molecular complexity index is 3820. The summed E-state index contributed by atoms with van der Waals surface area (Å²) < 4.78 is 0. The highest BCUT2D eigenvalue weighted by atomic mass is 14.7. The van der Waals surface area contributed by atoms with Gasteiger partial charge in [0.2, 0.25) is 0 Å². The van der Waals surface area contributed by atoms with E-state index in [1.54, 1.807) is 0 Å². The van der Waals surface area contributed by atoms with E-state index >= 15 is 0 Å². The van der Waals surface area contributed by atoms with Crippen molar-refractivity contribution in [3.63, 3.8) is 0 Å². The molecule has 3 nitrogen and oxygen atoms in total. The molecule has 0 fully saturated rings. The van der Waals surface area contributed by atoms with E-state index in [1.165, 1.54) is 66.4 Å². The van der Waals surface area contributed by atoms with Gasteiger partial charge in [-0.1, -0.05) is 200 Å². The maximum atomic E-state index is 4.81. The molecule has 0 N–H and O–H groups in total. The molecule has 0 bridgehead atoms. The molecule has 3 aromatic heterocycles. The fourth-order valence-corrected chi connectivity index (χ4v) is 10.7. The summed E-state index contributed by atoms with van der Waals surface area (Å²) in [6.07, 6.45) is 5.73. The highest BCUT2D eigenvalue weighted by Crippen LogP contribution is 2.42. The van der Waals surface area contributed by atoms with Gasteiger partial charge in [0.1, 0.15) is 31.4 Å². The Balaban J connectivity index is 1.06. The van der Waals surface area contributed by atoms with Gasteiger partial charge in [0, 0.05) is 29.7 Å². The monoisotopic (exact) mass is 945 g/mol. The first-order chi connectivity index (χ1) is 36.0. The number of aromatic nitrogens is 3. The van der Waals surface area contributed by atoms with E-state index in [4.69, 9.17) is 15.0 Å². The fourth-order valence-electron chi connectivity index (χ4n) is 10.7. The molecule has 0 atom stereocenters. The molecule has 0 spiro atoms. The molecule has 0 aliphatic rings. The maximum absolute atomic E-state index is 4.81. The molecule has 0 aliphatic heterocycles. The van der Waals surface area contributed by atoms with Gasteiger partial charge in [-0.05, 0) is 149 Å². The van der Waals surface area contributed by atoms with Crippen molar-refractivity contribution in [1.82, 2.24) is 15.0 Å². The third kappa shape index (κ3) is 9.38. The van der Waals surface area contributed by atoms with E-state index in [1.807, 2.05) is 24.7 Å². The van der Waals surface area contributed by atoms with Crippen LogP contribution in [0.25, 0.3) is 112 Å². The van der Waals surface area contributed by atoms with Crippen molar-refractivity contribution >= 4 is 53.2 Å². The number of nitrogens with zero attached hydrogens (tertiary/aromatic N) is 3. The van der Waals surface area contributed by atoms with Crippen LogP contribution >= 0.6 is 0 Å². The van der Waals surface area contributed by atoms with Gasteiger partial charge in [0.05, 0.1) is 17.1 Å². The second-order valence-electron chi connectivity index (χ2n) is 20.5. The standard InChI is InChI=1S/C67H55B4N3/c1-67(2,3)51-33-36-74-60(41-51)46-30-26-44(27-31-46)53-18-8-10-20-55(53)49-37-48(54-19-9-7-17-52(54)43-24-28-45(29-25-43)59-40-47(32-35-73-59)42-15-5-4-6-16-42)38-50(39-49)56-21-11-12-22-57(56)61-63(68)65(70)62(66(71)64(61)69)58-23-13-14-34-72-58/h4-41H,68-71H2,1-3H3. The fraction of sp³-hybridized carbons (Fsp3) is 0.0597. The van der Waals surface area contributed by atoms with Crippen LogP contribution in [0.1, 0.15) is 26.3 Å². The molecule has 74 heavy (non-hydrogen) atoms. The lowest BCUT2D eigenvalue weighted by Crippen LogP contribution is -2.44. The summed E-state index contributed by atoms with van der Waals surface area (Å²) in [6.45, 7) is 6.74. The Morgan fingerprint density at radius 1 is 0.270 bits per heavy atom. The van der Waals surface area contributed by atoms with Gasteiger partial charge in [-0.15, -0.1) is 0 Å². The Morgan fingerprint density at radius 3 is 1.15 bits per heavy atom. The first-order valence-electron chi connectivity index (χ1n) is 25.7. The van der Waals surface area contributed by atoms with Gasteiger partial charge in [-0.2, -0.15) is 0 Å². The van der Waals surface area contributed by atoms with Crippen molar-refractivity contribution in [3.05, 3.63) is 236 Å². The summed E-state index contributed by atoms with van der Waals surface area (Å²) in [5, 5.41) is 0. The third-order valence-corrected chi connectivity index (χ3v) is 14.9. The van der Waals surface area contributed by atoms with Gasteiger partial charge in [-0.3, -0.25) is 15.0 Å². The summed E-state index contributed by atoms with van der Waals surface area (Å²) in [7, 11) is 9.06. The molecule has 3 heterocycles. The number of pyridine rings is 3. The predicted molar refractivity (Wildman–Crippen MR) is 326 cm³/mol. The third-order valence-electron chi connectivity index (χ3n) is 14.9. The molecule has 0 saturated carbocycles. The molecule has 350 valence electrons. The van der Waals surface area contributed by atoms with Crippen molar-refractivity contribution in [2.24, 2.45) is 0 Å². The van der Waals surface area contributed by atoms with Crippen molar-refractivity contribution in [2.45, 2.75) is 26.2 Å². The zero-order valence-electron chi connectivity index (χ0n) is 43.3. The van der Waals surface area contributed by atoms with Gasteiger partial charge >= 0.3 is 0 Å². The van der Waals surface area contributed by atoms with Crippen molar-refractivity contribution in [2.75, 3.05) is 0 Å². The molecule has 0 amide bonds. The molecule has 8 aromatic carbocycles. The molecular formula is C67H55B4N3.